The van der Waals surface area contributed by atoms with Gasteiger partial charge in [0.2, 0.25) is 0 Å². The van der Waals surface area contributed by atoms with E-state index in [9.17, 15) is 0 Å². The molecule has 0 spiro atoms. The Labute approximate surface area is 171 Å². The highest BCUT2D eigenvalue weighted by Crippen LogP contribution is 2.40. The summed E-state index contributed by atoms with van der Waals surface area (Å²) in [6.45, 7) is 5.74. The summed E-state index contributed by atoms with van der Waals surface area (Å²) in [6, 6.07) is 15.9. The maximum absolute atomic E-state index is 5.74. The SMILES string of the molecule is CN=C(NCC(c1cccs1)N1CCOC(C)C1)NC1CC1c1ccccc1. The second-order valence-corrected chi connectivity index (χ2v) is 8.64. The molecule has 1 aromatic heterocycles. The Kier molecular flexibility index (Phi) is 6.29. The Morgan fingerprint density at radius 2 is 2.14 bits per heavy atom. The van der Waals surface area contributed by atoms with Crippen LogP contribution in [-0.4, -0.2) is 56.3 Å². The first-order valence-electron chi connectivity index (χ1n) is 10.2. The summed E-state index contributed by atoms with van der Waals surface area (Å²) in [7, 11) is 1.85. The van der Waals surface area contributed by atoms with Gasteiger partial charge in [0.1, 0.15) is 0 Å². The van der Waals surface area contributed by atoms with Crippen LogP contribution in [-0.2, 0) is 4.74 Å². The Morgan fingerprint density at radius 3 is 2.86 bits per heavy atom. The van der Waals surface area contributed by atoms with Crippen LogP contribution in [0.1, 0.15) is 35.7 Å². The van der Waals surface area contributed by atoms with Crippen molar-refractivity contribution in [2.45, 2.75) is 37.5 Å². The summed E-state index contributed by atoms with van der Waals surface area (Å²) in [6.07, 6.45) is 1.45. The summed E-state index contributed by atoms with van der Waals surface area (Å²) >= 11 is 1.83. The molecule has 1 saturated carbocycles. The number of nitrogens with zero attached hydrogens (tertiary/aromatic N) is 2. The van der Waals surface area contributed by atoms with Crippen LogP contribution in [0.4, 0.5) is 0 Å². The largest absolute Gasteiger partial charge is 0.376 e. The first kappa shape index (κ1) is 19.4. The van der Waals surface area contributed by atoms with Crippen LogP contribution in [0.15, 0.2) is 52.8 Å². The average molecular weight is 399 g/mol. The molecule has 2 heterocycles. The van der Waals surface area contributed by atoms with Gasteiger partial charge in [0.15, 0.2) is 5.96 Å². The zero-order chi connectivity index (χ0) is 19.3. The highest BCUT2D eigenvalue weighted by atomic mass is 32.1. The van der Waals surface area contributed by atoms with E-state index >= 15 is 0 Å². The number of nitrogens with one attached hydrogen (secondary N) is 2. The van der Waals surface area contributed by atoms with Gasteiger partial charge in [-0.05, 0) is 30.4 Å². The van der Waals surface area contributed by atoms with Crippen LogP contribution < -0.4 is 10.6 Å². The number of morpholine rings is 1. The summed E-state index contributed by atoms with van der Waals surface area (Å²) < 4.78 is 5.74. The third-order valence-electron chi connectivity index (χ3n) is 5.61. The van der Waals surface area contributed by atoms with Crippen molar-refractivity contribution in [1.29, 1.82) is 0 Å². The van der Waals surface area contributed by atoms with Crippen LogP contribution >= 0.6 is 11.3 Å². The highest BCUT2D eigenvalue weighted by Gasteiger charge is 2.39. The molecule has 4 rings (SSSR count). The summed E-state index contributed by atoms with van der Waals surface area (Å²) in [5, 5.41) is 9.34. The van der Waals surface area contributed by atoms with Crippen LogP contribution in [0.5, 0.6) is 0 Å². The summed E-state index contributed by atoms with van der Waals surface area (Å²) in [4.78, 5) is 8.39. The number of guanidine groups is 1. The lowest BCUT2D eigenvalue weighted by Gasteiger charge is -2.37. The molecular weight excluding hydrogens is 368 g/mol. The molecule has 1 saturated heterocycles. The first-order chi connectivity index (χ1) is 13.7. The number of rotatable bonds is 6. The molecule has 0 radical (unpaired) electrons. The number of hydrogen-bond donors (Lipinski definition) is 2. The van der Waals surface area contributed by atoms with E-state index in [-0.39, 0.29) is 6.10 Å². The molecule has 2 fully saturated rings. The fourth-order valence-electron chi connectivity index (χ4n) is 4.01. The van der Waals surface area contributed by atoms with Gasteiger partial charge >= 0.3 is 0 Å². The monoisotopic (exact) mass is 398 g/mol. The average Bonchev–Trinajstić information content (AvgIpc) is 3.28. The van der Waals surface area contributed by atoms with Gasteiger partial charge in [-0.2, -0.15) is 0 Å². The normalized spacial score (nSPS) is 26.6. The second kappa shape index (κ2) is 9.07. The van der Waals surface area contributed by atoms with E-state index in [1.165, 1.54) is 16.9 Å². The van der Waals surface area contributed by atoms with Gasteiger partial charge in [0.25, 0.3) is 0 Å². The molecule has 5 nitrogen and oxygen atoms in total. The van der Waals surface area contributed by atoms with E-state index in [2.05, 4.69) is 75.3 Å². The Hall–Kier alpha value is -1.89. The molecule has 0 bridgehead atoms. The first-order valence-corrected chi connectivity index (χ1v) is 11.0. The lowest BCUT2D eigenvalue weighted by Crippen LogP contribution is -2.48. The quantitative estimate of drug-likeness (QED) is 0.579. The van der Waals surface area contributed by atoms with Crippen molar-refractivity contribution in [3.8, 4) is 0 Å². The minimum atomic E-state index is 0.284. The van der Waals surface area contributed by atoms with Crippen molar-refractivity contribution < 1.29 is 4.74 Å². The maximum atomic E-state index is 5.74. The minimum absolute atomic E-state index is 0.284. The molecule has 4 unspecified atom stereocenters. The van der Waals surface area contributed by atoms with Gasteiger partial charge in [0, 0.05) is 43.5 Å². The molecule has 1 aliphatic heterocycles. The van der Waals surface area contributed by atoms with Crippen molar-refractivity contribution in [2.75, 3.05) is 33.3 Å². The molecule has 4 atom stereocenters. The number of hydrogen-bond acceptors (Lipinski definition) is 4. The zero-order valence-electron chi connectivity index (χ0n) is 16.7. The molecule has 2 aliphatic rings. The molecule has 1 aliphatic carbocycles. The van der Waals surface area contributed by atoms with E-state index < -0.39 is 0 Å². The van der Waals surface area contributed by atoms with Crippen LogP contribution in [0.3, 0.4) is 0 Å². The van der Waals surface area contributed by atoms with Gasteiger partial charge in [-0.15, -0.1) is 11.3 Å². The predicted octanol–water partition coefficient (Wildman–Crippen LogP) is 3.23. The molecule has 1 aromatic carbocycles. The van der Waals surface area contributed by atoms with Gasteiger partial charge in [0.05, 0.1) is 18.8 Å². The zero-order valence-corrected chi connectivity index (χ0v) is 17.5. The standard InChI is InChI=1S/C22H30N4OS/c1-16-15-26(10-11-27-16)20(21-9-6-12-28-21)14-24-22(23-2)25-19-13-18(19)17-7-4-3-5-8-17/h3-9,12,16,18-20H,10-11,13-15H2,1-2H3,(H2,23,24,25). The molecule has 0 amide bonds. The second-order valence-electron chi connectivity index (χ2n) is 7.66. The number of benzene rings is 1. The van der Waals surface area contributed by atoms with Gasteiger partial charge in [-0.25, -0.2) is 0 Å². The van der Waals surface area contributed by atoms with E-state index in [1.807, 2.05) is 18.4 Å². The van der Waals surface area contributed by atoms with Gasteiger partial charge in [-0.1, -0.05) is 36.4 Å². The van der Waals surface area contributed by atoms with Crippen molar-refractivity contribution in [3.63, 3.8) is 0 Å². The van der Waals surface area contributed by atoms with E-state index in [0.29, 0.717) is 18.0 Å². The molecule has 28 heavy (non-hydrogen) atoms. The summed E-state index contributed by atoms with van der Waals surface area (Å²) in [5.41, 5.74) is 1.41. The van der Waals surface area contributed by atoms with Crippen molar-refractivity contribution >= 4 is 17.3 Å². The highest BCUT2D eigenvalue weighted by molar-refractivity contribution is 7.10. The lowest BCUT2D eigenvalue weighted by molar-refractivity contribution is -0.0334. The Morgan fingerprint density at radius 1 is 1.29 bits per heavy atom. The maximum Gasteiger partial charge on any atom is 0.191 e. The van der Waals surface area contributed by atoms with Crippen molar-refractivity contribution in [3.05, 3.63) is 58.3 Å². The molecule has 2 aromatic rings. The molecule has 2 N–H and O–H groups in total. The lowest BCUT2D eigenvalue weighted by atomic mass is 10.1. The van der Waals surface area contributed by atoms with Crippen LogP contribution in [0.2, 0.25) is 0 Å². The van der Waals surface area contributed by atoms with Crippen LogP contribution in [0.25, 0.3) is 0 Å². The van der Waals surface area contributed by atoms with E-state index in [4.69, 9.17) is 4.74 Å². The fourth-order valence-corrected chi connectivity index (χ4v) is 4.87. The third kappa shape index (κ3) is 4.74. The number of thiophene rings is 1. The topological polar surface area (TPSA) is 48.9 Å². The van der Waals surface area contributed by atoms with Crippen LogP contribution in [0, 0.1) is 0 Å². The predicted molar refractivity (Wildman–Crippen MR) is 116 cm³/mol. The number of ether oxygens (including phenoxy) is 1. The Balaban J connectivity index is 1.35. The Bertz CT molecular complexity index is 764. The van der Waals surface area contributed by atoms with E-state index in [0.717, 1.165) is 32.2 Å². The van der Waals surface area contributed by atoms with Gasteiger partial charge in [-0.3, -0.25) is 9.89 Å². The molecule has 150 valence electrons. The fraction of sp³-hybridized carbons (Fsp3) is 0.500. The molecular formula is C22H30N4OS. The van der Waals surface area contributed by atoms with Crippen molar-refractivity contribution in [1.82, 2.24) is 15.5 Å². The summed E-state index contributed by atoms with van der Waals surface area (Å²) in [5.74, 6) is 1.49. The number of aliphatic imine (C=N–C) groups is 1. The van der Waals surface area contributed by atoms with Gasteiger partial charge < -0.3 is 15.4 Å². The smallest absolute Gasteiger partial charge is 0.191 e. The minimum Gasteiger partial charge on any atom is -0.376 e. The molecule has 6 heteroatoms. The van der Waals surface area contributed by atoms with E-state index in [1.54, 1.807) is 0 Å². The van der Waals surface area contributed by atoms with Crippen molar-refractivity contribution in [2.24, 2.45) is 4.99 Å². The third-order valence-corrected chi connectivity index (χ3v) is 6.59.